The lowest BCUT2D eigenvalue weighted by Gasteiger charge is -2.25. The second kappa shape index (κ2) is 11.2. The molecule has 1 aliphatic rings. The van der Waals surface area contributed by atoms with Gasteiger partial charge in [0.2, 0.25) is 0 Å². The first-order valence-electron chi connectivity index (χ1n) is 12.1. The summed E-state index contributed by atoms with van der Waals surface area (Å²) in [6.45, 7) is 4.85. The predicted octanol–water partition coefficient (Wildman–Crippen LogP) is 5.20. The summed E-state index contributed by atoms with van der Waals surface area (Å²) in [5.41, 5.74) is 4.27. The van der Waals surface area contributed by atoms with Crippen LogP contribution in [0.3, 0.4) is 0 Å². The standard InChI is InChI=1S/C30H31NO5/c1-4-21-10-12-23(13-11-21)27-26(29(33)30(34)31(27)16-17-35-3)28(32)25-15-14-24(18-20(25)2)36-19-22-8-6-5-7-9-22/h5-15,18,27,32H,4,16-17,19H2,1-3H3/t27-/m1/s1. The van der Waals surface area contributed by atoms with Gasteiger partial charge in [0.25, 0.3) is 11.7 Å². The minimum Gasteiger partial charge on any atom is -0.507 e. The van der Waals surface area contributed by atoms with Crippen LogP contribution in [0.5, 0.6) is 5.75 Å². The molecule has 0 aromatic heterocycles. The smallest absolute Gasteiger partial charge is 0.295 e. The molecule has 0 radical (unpaired) electrons. The second-order valence-electron chi connectivity index (χ2n) is 8.83. The van der Waals surface area contributed by atoms with Gasteiger partial charge < -0.3 is 19.5 Å². The Hall–Kier alpha value is -3.90. The fourth-order valence-corrected chi connectivity index (χ4v) is 4.46. The largest absolute Gasteiger partial charge is 0.507 e. The molecule has 6 nitrogen and oxygen atoms in total. The molecule has 0 aliphatic carbocycles. The Labute approximate surface area is 211 Å². The molecule has 1 atom stereocenters. The number of benzene rings is 3. The van der Waals surface area contributed by atoms with Crippen molar-refractivity contribution in [3.8, 4) is 5.75 Å². The molecule has 4 rings (SSSR count). The van der Waals surface area contributed by atoms with Crippen molar-refractivity contribution in [3.63, 3.8) is 0 Å². The highest BCUT2D eigenvalue weighted by atomic mass is 16.5. The number of ether oxygens (including phenoxy) is 2. The summed E-state index contributed by atoms with van der Waals surface area (Å²) in [6.07, 6.45) is 0.877. The molecule has 1 saturated heterocycles. The van der Waals surface area contributed by atoms with Gasteiger partial charge in [-0.05, 0) is 53.8 Å². The third-order valence-corrected chi connectivity index (χ3v) is 6.48. The van der Waals surface area contributed by atoms with Gasteiger partial charge in [-0.1, -0.05) is 61.5 Å². The van der Waals surface area contributed by atoms with E-state index in [0.29, 0.717) is 17.9 Å². The Morgan fingerprint density at radius 1 is 0.972 bits per heavy atom. The molecule has 0 unspecified atom stereocenters. The molecule has 0 saturated carbocycles. The summed E-state index contributed by atoms with van der Waals surface area (Å²) in [5.74, 6) is -0.874. The van der Waals surface area contributed by atoms with Crippen molar-refractivity contribution in [2.75, 3.05) is 20.3 Å². The van der Waals surface area contributed by atoms with Crippen molar-refractivity contribution < 1.29 is 24.2 Å². The van der Waals surface area contributed by atoms with Crippen molar-refractivity contribution in [2.24, 2.45) is 0 Å². The molecule has 1 N–H and O–H groups in total. The topological polar surface area (TPSA) is 76.1 Å². The van der Waals surface area contributed by atoms with Gasteiger partial charge in [-0.25, -0.2) is 0 Å². The quantitative estimate of drug-likeness (QED) is 0.256. The predicted molar refractivity (Wildman–Crippen MR) is 139 cm³/mol. The number of likely N-dealkylation sites (tertiary alicyclic amines) is 1. The second-order valence-corrected chi connectivity index (χ2v) is 8.83. The first-order chi connectivity index (χ1) is 17.4. The van der Waals surface area contributed by atoms with E-state index in [2.05, 4.69) is 6.92 Å². The lowest BCUT2D eigenvalue weighted by atomic mass is 9.93. The van der Waals surface area contributed by atoms with Gasteiger partial charge >= 0.3 is 0 Å². The molecule has 1 amide bonds. The van der Waals surface area contributed by atoms with E-state index in [0.717, 1.165) is 28.7 Å². The molecule has 0 spiro atoms. The van der Waals surface area contributed by atoms with Gasteiger partial charge in [0.1, 0.15) is 18.1 Å². The highest BCUT2D eigenvalue weighted by molar-refractivity contribution is 6.46. The number of Topliss-reactive ketones (excluding diaryl/α,β-unsaturated/α-hetero) is 1. The third-order valence-electron chi connectivity index (χ3n) is 6.48. The van der Waals surface area contributed by atoms with Crippen LogP contribution in [0.2, 0.25) is 0 Å². The van der Waals surface area contributed by atoms with Crippen molar-refractivity contribution >= 4 is 17.4 Å². The van der Waals surface area contributed by atoms with E-state index in [1.807, 2.05) is 67.6 Å². The summed E-state index contributed by atoms with van der Waals surface area (Å²) in [5, 5.41) is 11.4. The summed E-state index contributed by atoms with van der Waals surface area (Å²) < 4.78 is 11.1. The Bertz CT molecular complexity index is 1260. The van der Waals surface area contributed by atoms with Crippen molar-refractivity contribution in [1.29, 1.82) is 0 Å². The number of methoxy groups -OCH3 is 1. The number of aliphatic hydroxyl groups is 1. The van der Waals surface area contributed by atoms with E-state index in [1.165, 1.54) is 4.90 Å². The van der Waals surface area contributed by atoms with Gasteiger partial charge in [0.15, 0.2) is 0 Å². The summed E-state index contributed by atoms with van der Waals surface area (Å²) >= 11 is 0. The zero-order valence-corrected chi connectivity index (χ0v) is 20.9. The van der Waals surface area contributed by atoms with Crippen LogP contribution in [-0.2, 0) is 27.4 Å². The summed E-state index contributed by atoms with van der Waals surface area (Å²) in [4.78, 5) is 27.6. The first-order valence-corrected chi connectivity index (χ1v) is 12.1. The molecule has 3 aromatic rings. The lowest BCUT2D eigenvalue weighted by molar-refractivity contribution is -0.140. The lowest BCUT2D eigenvalue weighted by Crippen LogP contribution is -2.32. The zero-order chi connectivity index (χ0) is 25.7. The normalized spacial score (nSPS) is 17.0. The summed E-state index contributed by atoms with van der Waals surface area (Å²) in [7, 11) is 1.55. The molecule has 1 fully saturated rings. The summed E-state index contributed by atoms with van der Waals surface area (Å²) in [6, 6.07) is 22.3. The first kappa shape index (κ1) is 25.2. The Morgan fingerprint density at radius 2 is 1.69 bits per heavy atom. The number of carbonyl (C=O) groups is 2. The van der Waals surface area contributed by atoms with Gasteiger partial charge in [0, 0.05) is 19.2 Å². The van der Waals surface area contributed by atoms with Crippen molar-refractivity contribution in [3.05, 3.63) is 106 Å². The SMILES string of the molecule is CCc1ccc([C@@H]2C(=C(O)c3ccc(OCc4ccccc4)cc3C)C(=O)C(=O)N2CCOC)cc1. The average molecular weight is 486 g/mol. The Morgan fingerprint density at radius 3 is 2.33 bits per heavy atom. The van der Waals surface area contributed by atoms with Gasteiger partial charge in [-0.15, -0.1) is 0 Å². The molecule has 3 aromatic carbocycles. The number of amides is 1. The van der Waals surface area contributed by atoms with E-state index in [1.54, 1.807) is 19.2 Å². The maximum atomic E-state index is 13.2. The van der Waals surface area contributed by atoms with Crippen LogP contribution in [-0.4, -0.2) is 42.0 Å². The molecular formula is C30H31NO5. The average Bonchev–Trinajstić information content (AvgIpc) is 3.16. The number of hydrogen-bond donors (Lipinski definition) is 1. The number of ketones is 1. The molecule has 36 heavy (non-hydrogen) atoms. The molecule has 6 heteroatoms. The van der Waals surface area contributed by atoms with Gasteiger partial charge in [-0.3, -0.25) is 9.59 Å². The number of aliphatic hydroxyl groups excluding tert-OH is 1. The van der Waals surface area contributed by atoms with Gasteiger partial charge in [0.05, 0.1) is 18.2 Å². The number of nitrogens with zero attached hydrogens (tertiary/aromatic N) is 1. The zero-order valence-electron chi connectivity index (χ0n) is 20.9. The van der Waals surface area contributed by atoms with E-state index in [4.69, 9.17) is 9.47 Å². The van der Waals surface area contributed by atoms with Crippen LogP contribution in [0.1, 0.15) is 40.8 Å². The molecule has 1 aliphatic heterocycles. The Balaban J connectivity index is 1.70. The number of carbonyl (C=O) groups excluding carboxylic acids is 2. The monoisotopic (exact) mass is 485 g/mol. The highest BCUT2D eigenvalue weighted by Gasteiger charge is 2.46. The van der Waals surface area contributed by atoms with Crippen LogP contribution in [0, 0.1) is 6.92 Å². The minimum absolute atomic E-state index is 0.0846. The third kappa shape index (κ3) is 5.19. The number of hydrogen-bond acceptors (Lipinski definition) is 5. The number of rotatable bonds is 9. The van der Waals surface area contributed by atoms with Crippen LogP contribution in [0.15, 0.2) is 78.4 Å². The van der Waals surface area contributed by atoms with E-state index < -0.39 is 17.7 Å². The van der Waals surface area contributed by atoms with Crippen LogP contribution in [0.25, 0.3) is 5.76 Å². The van der Waals surface area contributed by atoms with Crippen LogP contribution < -0.4 is 4.74 Å². The Kier molecular flexibility index (Phi) is 7.86. The van der Waals surface area contributed by atoms with E-state index in [-0.39, 0.29) is 24.5 Å². The van der Waals surface area contributed by atoms with Crippen LogP contribution >= 0.6 is 0 Å². The fraction of sp³-hybridized carbons (Fsp3) is 0.267. The molecule has 1 heterocycles. The minimum atomic E-state index is -0.697. The molecule has 0 bridgehead atoms. The maximum absolute atomic E-state index is 13.2. The fourth-order valence-electron chi connectivity index (χ4n) is 4.46. The highest BCUT2D eigenvalue weighted by Crippen LogP contribution is 2.40. The molecular weight excluding hydrogens is 454 g/mol. The van der Waals surface area contributed by atoms with Crippen molar-refractivity contribution in [2.45, 2.75) is 32.9 Å². The van der Waals surface area contributed by atoms with Crippen molar-refractivity contribution in [1.82, 2.24) is 4.90 Å². The molecule has 186 valence electrons. The van der Waals surface area contributed by atoms with Crippen LogP contribution in [0.4, 0.5) is 0 Å². The van der Waals surface area contributed by atoms with E-state index >= 15 is 0 Å². The van der Waals surface area contributed by atoms with E-state index in [9.17, 15) is 14.7 Å². The number of aryl methyl sites for hydroxylation is 2. The van der Waals surface area contributed by atoms with Gasteiger partial charge in [-0.2, -0.15) is 0 Å². The maximum Gasteiger partial charge on any atom is 0.295 e.